The predicted molar refractivity (Wildman–Crippen MR) is 66.4 cm³/mol. The Balaban J connectivity index is 2.15. The molecule has 1 aromatic rings. The Bertz CT molecular complexity index is 371. The largest absolute Gasteiger partial charge is 0.198 e. The van der Waals surface area contributed by atoms with E-state index in [2.05, 4.69) is 6.07 Å². The maximum Gasteiger partial charge on any atom is 0.0740 e. The Hall–Kier alpha value is -1.00. The van der Waals surface area contributed by atoms with Crippen molar-refractivity contribution in [1.29, 1.82) is 5.26 Å². The van der Waals surface area contributed by atoms with Crippen LogP contribution in [0.4, 0.5) is 0 Å². The second kappa shape index (κ2) is 5.37. The molecule has 1 saturated carbocycles. The maximum absolute atomic E-state index is 9.32. The molecule has 1 aliphatic carbocycles. The molecule has 0 bridgehead atoms. The number of nitriles is 1. The van der Waals surface area contributed by atoms with Gasteiger partial charge in [0.05, 0.1) is 12.0 Å². The zero-order valence-corrected chi connectivity index (χ0v) is 10.1. The highest BCUT2D eigenvalue weighted by Crippen LogP contribution is 2.35. The van der Waals surface area contributed by atoms with Gasteiger partial charge in [0.2, 0.25) is 0 Å². The third-order valence-corrected chi connectivity index (χ3v) is 3.74. The van der Waals surface area contributed by atoms with E-state index in [1.54, 1.807) is 0 Å². The topological polar surface area (TPSA) is 23.8 Å². The molecule has 1 aliphatic rings. The van der Waals surface area contributed by atoms with Crippen LogP contribution >= 0.6 is 11.6 Å². The lowest BCUT2D eigenvalue weighted by Crippen LogP contribution is -2.14. The van der Waals surface area contributed by atoms with E-state index in [1.165, 1.54) is 32.1 Å². The zero-order chi connectivity index (χ0) is 11.4. The van der Waals surface area contributed by atoms with E-state index in [-0.39, 0.29) is 5.92 Å². The molecule has 0 aromatic heterocycles. The average Bonchev–Trinajstić information content (AvgIpc) is 2.34. The van der Waals surface area contributed by atoms with Crippen LogP contribution in [0.1, 0.15) is 43.6 Å². The highest BCUT2D eigenvalue weighted by atomic mass is 35.5. The van der Waals surface area contributed by atoms with Gasteiger partial charge < -0.3 is 0 Å². The maximum atomic E-state index is 9.32. The predicted octanol–water partition coefficient (Wildman–Crippen LogP) is 4.53. The Morgan fingerprint density at radius 1 is 1.12 bits per heavy atom. The van der Waals surface area contributed by atoms with E-state index in [4.69, 9.17) is 11.6 Å². The first-order valence-electron chi connectivity index (χ1n) is 5.96. The van der Waals surface area contributed by atoms with E-state index in [0.717, 1.165) is 10.6 Å². The number of hydrogen-bond acceptors (Lipinski definition) is 1. The van der Waals surface area contributed by atoms with Gasteiger partial charge in [0.15, 0.2) is 0 Å². The highest BCUT2D eigenvalue weighted by Gasteiger charge is 2.24. The molecule has 1 atom stereocenters. The lowest BCUT2D eigenvalue weighted by atomic mass is 9.77. The molecule has 0 spiro atoms. The quantitative estimate of drug-likeness (QED) is 0.737. The van der Waals surface area contributed by atoms with Crippen LogP contribution in [0.15, 0.2) is 24.3 Å². The number of halogens is 1. The van der Waals surface area contributed by atoms with Crippen LogP contribution in [0, 0.1) is 17.2 Å². The molecule has 84 valence electrons. The molecule has 2 rings (SSSR count). The average molecular weight is 234 g/mol. The molecular formula is C14H16ClN. The minimum absolute atomic E-state index is 0.0533. The third kappa shape index (κ3) is 2.57. The van der Waals surface area contributed by atoms with E-state index in [0.29, 0.717) is 5.92 Å². The van der Waals surface area contributed by atoms with Gasteiger partial charge in [-0.25, -0.2) is 0 Å². The van der Waals surface area contributed by atoms with Gasteiger partial charge in [-0.3, -0.25) is 0 Å². The summed E-state index contributed by atoms with van der Waals surface area (Å²) in [7, 11) is 0. The second-order valence-electron chi connectivity index (χ2n) is 4.56. The molecule has 1 fully saturated rings. The van der Waals surface area contributed by atoms with Gasteiger partial charge in [-0.15, -0.1) is 0 Å². The Kier molecular flexibility index (Phi) is 3.85. The summed E-state index contributed by atoms with van der Waals surface area (Å²) in [4.78, 5) is 0. The Morgan fingerprint density at radius 3 is 2.31 bits per heavy atom. The van der Waals surface area contributed by atoms with Crippen LogP contribution in [0.3, 0.4) is 0 Å². The molecule has 2 heteroatoms. The van der Waals surface area contributed by atoms with Crippen molar-refractivity contribution in [2.24, 2.45) is 5.92 Å². The summed E-state index contributed by atoms with van der Waals surface area (Å²) in [6.07, 6.45) is 6.27. The first kappa shape index (κ1) is 11.5. The normalized spacial score (nSPS) is 19.0. The van der Waals surface area contributed by atoms with E-state index < -0.39 is 0 Å². The highest BCUT2D eigenvalue weighted by molar-refractivity contribution is 6.30. The van der Waals surface area contributed by atoms with E-state index >= 15 is 0 Å². The van der Waals surface area contributed by atoms with Crippen LogP contribution < -0.4 is 0 Å². The Morgan fingerprint density at radius 2 is 1.75 bits per heavy atom. The summed E-state index contributed by atoms with van der Waals surface area (Å²) in [6, 6.07) is 10.2. The summed E-state index contributed by atoms with van der Waals surface area (Å²) in [5.74, 6) is 0.595. The molecule has 16 heavy (non-hydrogen) atoms. The van der Waals surface area contributed by atoms with Crippen LogP contribution in [0.25, 0.3) is 0 Å². The smallest absolute Gasteiger partial charge is 0.0740 e. The fourth-order valence-electron chi connectivity index (χ4n) is 2.59. The third-order valence-electron chi connectivity index (χ3n) is 3.49. The molecule has 0 saturated heterocycles. The summed E-state index contributed by atoms with van der Waals surface area (Å²) >= 11 is 5.86. The van der Waals surface area contributed by atoms with Crippen molar-refractivity contribution in [3.63, 3.8) is 0 Å². The van der Waals surface area contributed by atoms with Gasteiger partial charge in [0.1, 0.15) is 0 Å². The van der Waals surface area contributed by atoms with E-state index in [1.807, 2.05) is 24.3 Å². The van der Waals surface area contributed by atoms with Gasteiger partial charge in [-0.1, -0.05) is 43.0 Å². The standard InChI is InChI=1S/C14H16ClN/c15-13-8-6-12(7-9-13)14(10-16)11-4-2-1-3-5-11/h6-9,11,14H,1-5H2. The summed E-state index contributed by atoms with van der Waals surface area (Å²) in [5, 5.41) is 10.1. The van der Waals surface area contributed by atoms with Crippen LogP contribution in [0.2, 0.25) is 5.02 Å². The number of nitrogens with zero attached hydrogens (tertiary/aromatic N) is 1. The number of hydrogen-bond donors (Lipinski definition) is 0. The van der Waals surface area contributed by atoms with Crippen molar-refractivity contribution >= 4 is 11.6 Å². The van der Waals surface area contributed by atoms with Crippen molar-refractivity contribution in [2.75, 3.05) is 0 Å². The van der Waals surface area contributed by atoms with Crippen LogP contribution in [-0.4, -0.2) is 0 Å². The lowest BCUT2D eigenvalue weighted by molar-refractivity contribution is 0.335. The first-order chi connectivity index (χ1) is 7.81. The summed E-state index contributed by atoms with van der Waals surface area (Å²) in [5.41, 5.74) is 1.12. The molecule has 1 aromatic carbocycles. The number of rotatable bonds is 2. The van der Waals surface area contributed by atoms with Crippen molar-refractivity contribution in [3.8, 4) is 6.07 Å². The van der Waals surface area contributed by atoms with Crippen molar-refractivity contribution in [2.45, 2.75) is 38.0 Å². The fraction of sp³-hybridized carbons (Fsp3) is 0.500. The van der Waals surface area contributed by atoms with Crippen molar-refractivity contribution < 1.29 is 0 Å². The second-order valence-corrected chi connectivity index (χ2v) is 4.99. The fourth-order valence-corrected chi connectivity index (χ4v) is 2.72. The minimum atomic E-state index is 0.0533. The molecule has 1 unspecified atom stereocenters. The molecule has 0 radical (unpaired) electrons. The number of benzene rings is 1. The monoisotopic (exact) mass is 233 g/mol. The van der Waals surface area contributed by atoms with Gasteiger partial charge in [-0.05, 0) is 36.5 Å². The molecule has 0 heterocycles. The minimum Gasteiger partial charge on any atom is -0.198 e. The molecule has 0 aliphatic heterocycles. The van der Waals surface area contributed by atoms with Gasteiger partial charge in [0, 0.05) is 5.02 Å². The summed E-state index contributed by atoms with van der Waals surface area (Å²) < 4.78 is 0. The van der Waals surface area contributed by atoms with Gasteiger partial charge >= 0.3 is 0 Å². The van der Waals surface area contributed by atoms with Crippen LogP contribution in [-0.2, 0) is 0 Å². The SMILES string of the molecule is N#CC(c1ccc(Cl)cc1)C1CCCCC1. The molecule has 0 N–H and O–H groups in total. The van der Waals surface area contributed by atoms with Gasteiger partial charge in [-0.2, -0.15) is 5.26 Å². The van der Waals surface area contributed by atoms with Crippen molar-refractivity contribution in [3.05, 3.63) is 34.9 Å². The zero-order valence-electron chi connectivity index (χ0n) is 9.32. The molecular weight excluding hydrogens is 218 g/mol. The van der Waals surface area contributed by atoms with E-state index in [9.17, 15) is 5.26 Å². The first-order valence-corrected chi connectivity index (χ1v) is 6.34. The Labute approximate surface area is 102 Å². The summed E-state index contributed by atoms with van der Waals surface area (Å²) in [6.45, 7) is 0. The molecule has 1 nitrogen and oxygen atoms in total. The van der Waals surface area contributed by atoms with Crippen LogP contribution in [0.5, 0.6) is 0 Å². The lowest BCUT2D eigenvalue weighted by Gasteiger charge is -2.26. The van der Waals surface area contributed by atoms with Gasteiger partial charge in [0.25, 0.3) is 0 Å². The molecule has 0 amide bonds. The van der Waals surface area contributed by atoms with Crippen molar-refractivity contribution in [1.82, 2.24) is 0 Å².